The first-order chi connectivity index (χ1) is 11.0. The van der Waals surface area contributed by atoms with Crippen molar-refractivity contribution in [3.05, 3.63) is 17.6 Å². The Morgan fingerprint density at radius 2 is 2.09 bits per heavy atom. The molecule has 3 aromatic rings. The Morgan fingerprint density at radius 1 is 1.35 bits per heavy atom. The second-order valence-electron chi connectivity index (χ2n) is 6.78. The summed E-state index contributed by atoms with van der Waals surface area (Å²) in [7, 11) is 1.97. The molecule has 4 rings (SSSR count). The maximum Gasteiger partial charge on any atom is 0.268 e. The molecule has 0 radical (unpaired) electrons. The molecule has 2 N–H and O–H groups in total. The van der Waals surface area contributed by atoms with Crippen molar-refractivity contribution >= 4 is 21.6 Å². The van der Waals surface area contributed by atoms with Crippen LogP contribution in [-0.2, 0) is 12.6 Å². The predicted molar refractivity (Wildman–Crippen MR) is 90.3 cm³/mol. The first-order valence-electron chi connectivity index (χ1n) is 8.08. The molecule has 122 valence electrons. The van der Waals surface area contributed by atoms with E-state index in [9.17, 15) is 0 Å². The first-order valence-corrected chi connectivity index (χ1v) is 8.89. The number of aryl methyl sites for hydroxylation is 1. The van der Waals surface area contributed by atoms with Gasteiger partial charge in [0.05, 0.1) is 16.1 Å². The van der Waals surface area contributed by atoms with Crippen molar-refractivity contribution < 1.29 is 4.52 Å². The Hall–Kier alpha value is -1.73. The zero-order chi connectivity index (χ0) is 16.2. The fourth-order valence-electron chi connectivity index (χ4n) is 3.35. The average molecular weight is 331 g/mol. The third-order valence-corrected chi connectivity index (χ3v) is 5.85. The Kier molecular flexibility index (Phi) is 3.32. The van der Waals surface area contributed by atoms with Gasteiger partial charge < -0.3 is 10.3 Å². The maximum absolute atomic E-state index is 6.42. The molecule has 0 saturated heterocycles. The van der Waals surface area contributed by atoms with Crippen LogP contribution in [-0.4, -0.2) is 19.9 Å². The molecule has 3 aromatic heterocycles. The Morgan fingerprint density at radius 3 is 2.78 bits per heavy atom. The number of hydrogen-bond acceptors (Lipinski definition) is 6. The largest absolute Gasteiger partial charge is 0.333 e. The van der Waals surface area contributed by atoms with E-state index in [0.717, 1.165) is 41.1 Å². The van der Waals surface area contributed by atoms with Crippen LogP contribution in [0.5, 0.6) is 0 Å². The van der Waals surface area contributed by atoms with Crippen LogP contribution in [0, 0.1) is 0 Å². The van der Waals surface area contributed by atoms with E-state index in [0.29, 0.717) is 17.6 Å². The molecule has 23 heavy (non-hydrogen) atoms. The molecule has 1 fully saturated rings. The molecular weight excluding hydrogens is 310 g/mol. The van der Waals surface area contributed by atoms with Gasteiger partial charge in [0.25, 0.3) is 5.89 Å². The minimum atomic E-state index is -0.414. The SMILES string of the molecule is CC(C)c1nn(C)c2sc(-c3nc(C4(N)CCCC4)no3)cc12. The van der Waals surface area contributed by atoms with Crippen molar-refractivity contribution in [2.45, 2.75) is 51.0 Å². The van der Waals surface area contributed by atoms with Crippen LogP contribution in [0.2, 0.25) is 0 Å². The van der Waals surface area contributed by atoms with Crippen LogP contribution in [0.1, 0.15) is 57.0 Å². The van der Waals surface area contributed by atoms with Crippen molar-refractivity contribution in [2.75, 3.05) is 0 Å². The molecule has 3 heterocycles. The predicted octanol–water partition coefficient (Wildman–Crippen LogP) is 3.54. The lowest BCUT2D eigenvalue weighted by Crippen LogP contribution is -2.34. The maximum atomic E-state index is 6.42. The van der Waals surface area contributed by atoms with Crippen molar-refractivity contribution in [2.24, 2.45) is 12.8 Å². The molecule has 0 aromatic carbocycles. The lowest BCUT2D eigenvalue weighted by atomic mass is 9.99. The number of rotatable bonds is 3. The van der Waals surface area contributed by atoms with E-state index in [2.05, 4.69) is 35.2 Å². The molecule has 0 aliphatic heterocycles. The summed E-state index contributed by atoms with van der Waals surface area (Å²) in [6.45, 7) is 4.31. The van der Waals surface area contributed by atoms with Gasteiger partial charge in [0.2, 0.25) is 0 Å². The summed E-state index contributed by atoms with van der Waals surface area (Å²) in [6.07, 6.45) is 4.12. The molecule has 1 aliphatic rings. The van der Waals surface area contributed by atoms with E-state index in [1.165, 1.54) is 5.39 Å². The molecule has 0 unspecified atom stereocenters. The van der Waals surface area contributed by atoms with E-state index in [1.807, 2.05) is 11.7 Å². The number of hydrogen-bond donors (Lipinski definition) is 1. The van der Waals surface area contributed by atoms with E-state index in [4.69, 9.17) is 10.3 Å². The summed E-state index contributed by atoms with van der Waals surface area (Å²) in [5, 5.41) is 9.93. The van der Waals surface area contributed by atoms with Gasteiger partial charge in [0, 0.05) is 12.4 Å². The zero-order valence-electron chi connectivity index (χ0n) is 13.7. The normalized spacial score (nSPS) is 17.6. The van der Waals surface area contributed by atoms with Gasteiger partial charge in [-0.3, -0.25) is 4.68 Å². The van der Waals surface area contributed by atoms with Crippen LogP contribution in [0.4, 0.5) is 0 Å². The third-order valence-electron chi connectivity index (χ3n) is 4.66. The average Bonchev–Trinajstić information content (AvgIpc) is 3.23. The smallest absolute Gasteiger partial charge is 0.268 e. The molecule has 1 saturated carbocycles. The standard InChI is InChI=1S/C16H21N5OS/c1-9(2)12-10-8-11(23-14(10)21(3)19-12)13-18-15(20-22-13)16(17)6-4-5-7-16/h8-9H,4-7,17H2,1-3H3. The van der Waals surface area contributed by atoms with Gasteiger partial charge in [-0.2, -0.15) is 10.1 Å². The molecule has 6 nitrogen and oxygen atoms in total. The Balaban J connectivity index is 1.75. The number of nitrogens with two attached hydrogens (primary N) is 1. The summed E-state index contributed by atoms with van der Waals surface area (Å²) in [5.74, 6) is 1.59. The summed E-state index contributed by atoms with van der Waals surface area (Å²) in [4.78, 5) is 6.70. The fourth-order valence-corrected chi connectivity index (χ4v) is 4.36. The number of fused-ring (bicyclic) bond motifs is 1. The summed E-state index contributed by atoms with van der Waals surface area (Å²) in [6, 6.07) is 2.11. The highest BCUT2D eigenvalue weighted by Gasteiger charge is 2.36. The van der Waals surface area contributed by atoms with Gasteiger partial charge in [-0.1, -0.05) is 31.8 Å². The van der Waals surface area contributed by atoms with Crippen molar-refractivity contribution in [3.63, 3.8) is 0 Å². The quantitative estimate of drug-likeness (QED) is 0.793. The molecule has 1 aliphatic carbocycles. The second-order valence-corrected chi connectivity index (χ2v) is 7.81. The lowest BCUT2D eigenvalue weighted by Gasteiger charge is -2.17. The first kappa shape index (κ1) is 14.8. The minimum absolute atomic E-state index is 0.380. The summed E-state index contributed by atoms with van der Waals surface area (Å²) in [5.41, 5.74) is 7.11. The molecule has 0 amide bonds. The van der Waals surface area contributed by atoms with Gasteiger partial charge >= 0.3 is 0 Å². The van der Waals surface area contributed by atoms with E-state index < -0.39 is 5.54 Å². The Labute approximate surface area is 138 Å². The number of aromatic nitrogens is 4. The number of thiophene rings is 1. The monoisotopic (exact) mass is 331 g/mol. The molecule has 0 atom stereocenters. The van der Waals surface area contributed by atoms with E-state index in [1.54, 1.807) is 11.3 Å². The van der Waals surface area contributed by atoms with Gasteiger partial charge in [-0.05, 0) is 24.8 Å². The summed E-state index contributed by atoms with van der Waals surface area (Å²) < 4.78 is 7.44. The molecule has 0 spiro atoms. The highest BCUT2D eigenvalue weighted by atomic mass is 32.1. The van der Waals surface area contributed by atoms with Crippen LogP contribution >= 0.6 is 11.3 Å². The molecule has 7 heteroatoms. The van der Waals surface area contributed by atoms with Gasteiger partial charge in [0.15, 0.2) is 5.82 Å². The van der Waals surface area contributed by atoms with Crippen molar-refractivity contribution in [3.8, 4) is 10.8 Å². The molecule has 0 bridgehead atoms. The second kappa shape index (κ2) is 5.14. The van der Waals surface area contributed by atoms with Crippen LogP contribution in [0.15, 0.2) is 10.6 Å². The lowest BCUT2D eigenvalue weighted by molar-refractivity contribution is 0.373. The van der Waals surface area contributed by atoms with Crippen LogP contribution in [0.3, 0.4) is 0 Å². The minimum Gasteiger partial charge on any atom is -0.333 e. The van der Waals surface area contributed by atoms with Crippen molar-refractivity contribution in [1.29, 1.82) is 0 Å². The third kappa shape index (κ3) is 2.30. The van der Waals surface area contributed by atoms with Gasteiger partial charge in [-0.25, -0.2) is 0 Å². The van der Waals surface area contributed by atoms with E-state index >= 15 is 0 Å². The molecular formula is C16H21N5OS. The zero-order valence-corrected chi connectivity index (χ0v) is 14.5. The van der Waals surface area contributed by atoms with Crippen LogP contribution in [0.25, 0.3) is 21.0 Å². The Bertz CT molecular complexity index is 853. The number of nitrogens with zero attached hydrogens (tertiary/aromatic N) is 4. The highest BCUT2D eigenvalue weighted by molar-refractivity contribution is 7.21. The highest BCUT2D eigenvalue weighted by Crippen LogP contribution is 2.39. The fraction of sp³-hybridized carbons (Fsp3) is 0.562. The van der Waals surface area contributed by atoms with Crippen molar-refractivity contribution in [1.82, 2.24) is 19.9 Å². The van der Waals surface area contributed by atoms with Gasteiger partial charge in [0.1, 0.15) is 4.83 Å². The summed E-state index contributed by atoms with van der Waals surface area (Å²) >= 11 is 1.63. The van der Waals surface area contributed by atoms with E-state index in [-0.39, 0.29) is 0 Å². The van der Waals surface area contributed by atoms with Gasteiger partial charge in [-0.15, -0.1) is 11.3 Å². The van der Waals surface area contributed by atoms with Crippen LogP contribution < -0.4 is 5.73 Å². The topological polar surface area (TPSA) is 82.8 Å².